The summed E-state index contributed by atoms with van der Waals surface area (Å²) < 4.78 is 1.66. The quantitative estimate of drug-likeness (QED) is 0.672. The molecule has 1 aromatic heterocycles. The van der Waals surface area contributed by atoms with Crippen molar-refractivity contribution in [3.05, 3.63) is 63.6 Å². The molecule has 0 radical (unpaired) electrons. The van der Waals surface area contributed by atoms with Gasteiger partial charge >= 0.3 is 0 Å². The van der Waals surface area contributed by atoms with E-state index in [1.165, 1.54) is 17.5 Å². The summed E-state index contributed by atoms with van der Waals surface area (Å²) in [6.45, 7) is 2.88. The molecule has 1 heterocycles. The first-order valence-electron chi connectivity index (χ1n) is 8.04. The molecule has 0 saturated carbocycles. The van der Waals surface area contributed by atoms with Gasteiger partial charge in [0.2, 0.25) is 0 Å². The average Bonchev–Trinajstić information content (AvgIpc) is 3.01. The minimum Gasteiger partial charge on any atom is -0.370 e. The Morgan fingerprint density at radius 1 is 1.30 bits per heavy atom. The van der Waals surface area contributed by atoms with E-state index >= 15 is 0 Å². The van der Waals surface area contributed by atoms with Gasteiger partial charge in [-0.1, -0.05) is 12.1 Å². The maximum absolute atomic E-state index is 12.1. The van der Waals surface area contributed by atoms with E-state index in [1.807, 2.05) is 19.1 Å². The van der Waals surface area contributed by atoms with Gasteiger partial charge in [-0.2, -0.15) is 0 Å². The number of aliphatic imine (C=N–C) groups is 1. The lowest BCUT2D eigenvalue weighted by Crippen LogP contribution is -2.25. The highest BCUT2D eigenvalue weighted by molar-refractivity contribution is 5.92. The van der Waals surface area contributed by atoms with Crippen LogP contribution in [0.25, 0.3) is 0 Å². The zero-order valence-electron chi connectivity index (χ0n) is 13.4. The molecular weight excluding hydrogens is 288 g/mol. The van der Waals surface area contributed by atoms with Crippen molar-refractivity contribution in [1.29, 1.82) is 0 Å². The lowest BCUT2D eigenvalue weighted by Gasteiger charge is -2.08. The number of benzene rings is 1. The van der Waals surface area contributed by atoms with Crippen molar-refractivity contribution in [2.45, 2.75) is 39.3 Å². The maximum Gasteiger partial charge on any atom is 0.255 e. The second-order valence-corrected chi connectivity index (χ2v) is 5.79. The first-order valence-corrected chi connectivity index (χ1v) is 8.04. The third-order valence-electron chi connectivity index (χ3n) is 4.23. The Morgan fingerprint density at radius 2 is 2.13 bits per heavy atom. The van der Waals surface area contributed by atoms with Crippen molar-refractivity contribution in [3.8, 4) is 0 Å². The zero-order valence-corrected chi connectivity index (χ0v) is 13.4. The lowest BCUT2D eigenvalue weighted by molar-refractivity contribution is 0.714. The summed E-state index contributed by atoms with van der Waals surface area (Å²) in [5.41, 5.74) is 10.3. The topological polar surface area (TPSA) is 72.4 Å². The molecule has 1 aliphatic rings. The van der Waals surface area contributed by atoms with Crippen molar-refractivity contribution < 1.29 is 0 Å². The highest BCUT2D eigenvalue weighted by Crippen LogP contribution is 2.24. The maximum atomic E-state index is 12.1. The van der Waals surface area contributed by atoms with Gasteiger partial charge in [0.1, 0.15) is 0 Å². The van der Waals surface area contributed by atoms with Crippen LogP contribution in [0.4, 0.5) is 5.69 Å². The molecule has 0 spiro atoms. The zero-order chi connectivity index (χ0) is 16.2. The van der Waals surface area contributed by atoms with Gasteiger partial charge in [-0.05, 0) is 55.5 Å². The van der Waals surface area contributed by atoms with Crippen LogP contribution < -0.4 is 16.6 Å². The predicted molar refractivity (Wildman–Crippen MR) is 93.8 cm³/mol. The highest BCUT2D eigenvalue weighted by atomic mass is 16.1. The number of fused-ring (bicyclic) bond motifs is 1. The number of nitrogens with zero attached hydrogens (tertiary/aromatic N) is 2. The number of pyridine rings is 1. The van der Waals surface area contributed by atoms with E-state index < -0.39 is 0 Å². The molecule has 0 atom stereocenters. The molecule has 120 valence electrons. The Kier molecular flexibility index (Phi) is 4.46. The van der Waals surface area contributed by atoms with Crippen LogP contribution in [0.2, 0.25) is 0 Å². The fourth-order valence-electron chi connectivity index (χ4n) is 2.96. The molecule has 1 aliphatic carbocycles. The van der Waals surface area contributed by atoms with Crippen molar-refractivity contribution in [1.82, 2.24) is 4.57 Å². The van der Waals surface area contributed by atoms with Crippen LogP contribution >= 0.6 is 0 Å². The normalized spacial score (nSPS) is 13.9. The van der Waals surface area contributed by atoms with Crippen LogP contribution in [-0.2, 0) is 25.9 Å². The summed E-state index contributed by atoms with van der Waals surface area (Å²) in [6.07, 6.45) is 5.29. The van der Waals surface area contributed by atoms with Crippen molar-refractivity contribution in [2.24, 2.45) is 10.7 Å². The number of hydrogen-bond acceptors (Lipinski definition) is 2. The molecule has 0 fully saturated rings. The molecule has 0 amide bonds. The minimum absolute atomic E-state index is 0.0101. The third kappa shape index (κ3) is 3.44. The molecule has 3 N–H and O–H groups in total. The van der Waals surface area contributed by atoms with Crippen LogP contribution in [0.15, 0.2) is 46.3 Å². The third-order valence-corrected chi connectivity index (χ3v) is 4.23. The standard InChI is InChI=1S/C18H22N4O/c1-2-22-10-4-7-15(17(22)23)12-20-18(19)21-16-9-8-13-5-3-6-14(13)11-16/h4,7-11H,2-3,5-6,12H2,1H3,(H3,19,20,21). The van der Waals surface area contributed by atoms with Crippen molar-refractivity contribution in [3.63, 3.8) is 0 Å². The van der Waals surface area contributed by atoms with Crippen LogP contribution in [0.1, 0.15) is 30.0 Å². The molecule has 0 aliphatic heterocycles. The molecular formula is C18H22N4O. The largest absolute Gasteiger partial charge is 0.370 e. The number of rotatable bonds is 4. The molecule has 0 bridgehead atoms. The molecule has 23 heavy (non-hydrogen) atoms. The van der Waals surface area contributed by atoms with Crippen molar-refractivity contribution in [2.75, 3.05) is 5.32 Å². The van der Waals surface area contributed by atoms with Crippen LogP contribution in [0, 0.1) is 0 Å². The summed E-state index contributed by atoms with van der Waals surface area (Å²) in [5.74, 6) is 0.328. The van der Waals surface area contributed by atoms with E-state index in [9.17, 15) is 4.79 Å². The Hall–Kier alpha value is -2.56. The highest BCUT2D eigenvalue weighted by Gasteiger charge is 2.10. The van der Waals surface area contributed by atoms with E-state index in [0.717, 1.165) is 18.5 Å². The van der Waals surface area contributed by atoms with Gasteiger partial charge in [0.05, 0.1) is 6.54 Å². The van der Waals surface area contributed by atoms with E-state index in [4.69, 9.17) is 5.73 Å². The van der Waals surface area contributed by atoms with Gasteiger partial charge in [0.25, 0.3) is 5.56 Å². The second-order valence-electron chi connectivity index (χ2n) is 5.79. The molecule has 1 aromatic carbocycles. The Bertz CT molecular complexity index is 792. The summed E-state index contributed by atoms with van der Waals surface area (Å²) in [6, 6.07) is 9.96. The number of anilines is 1. The predicted octanol–water partition coefficient (Wildman–Crippen LogP) is 2.28. The van der Waals surface area contributed by atoms with Crippen molar-refractivity contribution >= 4 is 11.6 Å². The number of aryl methyl sites for hydroxylation is 3. The second kappa shape index (κ2) is 6.69. The Balaban J connectivity index is 1.70. The van der Waals surface area contributed by atoms with Crippen LogP contribution in [0.3, 0.4) is 0 Å². The number of guanidine groups is 1. The fraction of sp³-hybridized carbons (Fsp3) is 0.333. The van der Waals surface area contributed by atoms with E-state index in [2.05, 4.69) is 22.4 Å². The number of nitrogens with two attached hydrogens (primary N) is 1. The van der Waals surface area contributed by atoms with Gasteiger partial charge in [-0.25, -0.2) is 4.99 Å². The average molecular weight is 310 g/mol. The Morgan fingerprint density at radius 3 is 2.96 bits per heavy atom. The molecule has 5 nitrogen and oxygen atoms in total. The fourth-order valence-corrected chi connectivity index (χ4v) is 2.96. The summed E-state index contributed by atoms with van der Waals surface area (Å²) in [4.78, 5) is 16.4. The molecule has 5 heteroatoms. The molecule has 0 saturated heterocycles. The number of nitrogens with one attached hydrogen (secondary N) is 1. The smallest absolute Gasteiger partial charge is 0.255 e. The van der Waals surface area contributed by atoms with Gasteiger partial charge in [-0.15, -0.1) is 0 Å². The van der Waals surface area contributed by atoms with Gasteiger partial charge in [0, 0.05) is 24.0 Å². The Labute approximate surface area is 135 Å². The molecule has 3 rings (SSSR count). The van der Waals surface area contributed by atoms with E-state index in [0.29, 0.717) is 18.1 Å². The minimum atomic E-state index is -0.0101. The summed E-state index contributed by atoms with van der Waals surface area (Å²) in [7, 11) is 0. The van der Waals surface area contributed by atoms with E-state index in [1.54, 1.807) is 16.8 Å². The molecule has 0 unspecified atom stereocenters. The SMILES string of the molecule is CCn1cccc(CN=C(N)Nc2ccc3c(c2)CCC3)c1=O. The summed E-state index contributed by atoms with van der Waals surface area (Å²) >= 11 is 0. The monoisotopic (exact) mass is 310 g/mol. The number of aromatic nitrogens is 1. The van der Waals surface area contributed by atoms with Gasteiger partial charge in [0.15, 0.2) is 5.96 Å². The lowest BCUT2D eigenvalue weighted by atomic mass is 10.1. The van der Waals surface area contributed by atoms with E-state index in [-0.39, 0.29) is 12.1 Å². The van der Waals surface area contributed by atoms with Crippen LogP contribution in [0.5, 0.6) is 0 Å². The van der Waals surface area contributed by atoms with Crippen LogP contribution in [-0.4, -0.2) is 10.5 Å². The first kappa shape index (κ1) is 15.3. The number of hydrogen-bond donors (Lipinski definition) is 2. The van der Waals surface area contributed by atoms with Gasteiger partial charge < -0.3 is 15.6 Å². The summed E-state index contributed by atoms with van der Waals surface area (Å²) in [5, 5.41) is 3.11. The first-order chi connectivity index (χ1) is 11.2. The van der Waals surface area contributed by atoms with Gasteiger partial charge in [-0.3, -0.25) is 4.79 Å². The molecule has 2 aromatic rings.